The molecule has 9 rings (SSSR count). The Morgan fingerprint density at radius 2 is 1.04 bits per heavy atom. The van der Waals surface area contributed by atoms with Crippen LogP contribution in [0, 0.1) is 0 Å². The predicted octanol–water partition coefficient (Wildman–Crippen LogP) is 10.3. The van der Waals surface area contributed by atoms with E-state index in [1.807, 2.05) is 36.5 Å². The van der Waals surface area contributed by atoms with Gasteiger partial charge < -0.3 is 4.40 Å². The Morgan fingerprint density at radius 1 is 0.400 bits per heavy atom. The molecule has 9 aromatic rings. The zero-order chi connectivity index (χ0) is 29.7. The Kier molecular flexibility index (Phi) is 5.78. The Bertz CT molecular complexity index is 2480. The van der Waals surface area contributed by atoms with Crippen molar-refractivity contribution in [3.63, 3.8) is 0 Å². The first-order chi connectivity index (χ1) is 22.3. The number of imidazole rings is 1. The standard InChI is InChI=1S/C41H26N4/c1-3-9-28(10-4-1)35-22-20-33-36(42-35)23-19-32-34-25-31(18-21-37(34)44-41(40(32)33)30-11-5-2-6-12-30)27-14-16-29(17-15-27)38-26-45-24-8-7-13-39(45)43-38/h1-26H. The van der Waals surface area contributed by atoms with E-state index in [2.05, 4.69) is 126 Å². The molecule has 0 saturated carbocycles. The van der Waals surface area contributed by atoms with Gasteiger partial charge >= 0.3 is 0 Å². The van der Waals surface area contributed by atoms with Gasteiger partial charge in [-0.25, -0.2) is 15.0 Å². The van der Waals surface area contributed by atoms with Crippen LogP contribution in [0.1, 0.15) is 0 Å². The predicted molar refractivity (Wildman–Crippen MR) is 185 cm³/mol. The molecule has 4 aromatic heterocycles. The van der Waals surface area contributed by atoms with E-state index in [0.717, 1.165) is 77.7 Å². The van der Waals surface area contributed by atoms with Crippen molar-refractivity contribution in [1.82, 2.24) is 19.4 Å². The monoisotopic (exact) mass is 574 g/mol. The van der Waals surface area contributed by atoms with Crippen molar-refractivity contribution in [3.05, 3.63) is 158 Å². The number of fused-ring (bicyclic) bond motifs is 6. The molecular weight excluding hydrogens is 548 g/mol. The Labute approximate surface area is 259 Å². The van der Waals surface area contributed by atoms with Crippen molar-refractivity contribution >= 4 is 38.2 Å². The molecule has 0 aliphatic rings. The zero-order valence-electron chi connectivity index (χ0n) is 24.3. The summed E-state index contributed by atoms with van der Waals surface area (Å²) < 4.78 is 2.05. The Hall–Kier alpha value is -6.13. The number of benzene rings is 5. The van der Waals surface area contributed by atoms with Gasteiger partial charge in [-0.1, -0.05) is 103 Å². The van der Waals surface area contributed by atoms with E-state index in [1.165, 1.54) is 5.39 Å². The molecule has 0 bridgehead atoms. The molecule has 0 aliphatic heterocycles. The van der Waals surface area contributed by atoms with Crippen molar-refractivity contribution in [2.75, 3.05) is 0 Å². The fraction of sp³-hybridized carbons (Fsp3) is 0. The van der Waals surface area contributed by atoms with Gasteiger partial charge in [-0.3, -0.25) is 0 Å². The third-order valence-electron chi connectivity index (χ3n) is 8.62. The van der Waals surface area contributed by atoms with Crippen LogP contribution in [0.25, 0.3) is 83.1 Å². The van der Waals surface area contributed by atoms with Crippen molar-refractivity contribution in [2.45, 2.75) is 0 Å². The highest BCUT2D eigenvalue weighted by Gasteiger charge is 2.16. The highest BCUT2D eigenvalue weighted by Crippen LogP contribution is 2.39. The number of pyridine rings is 3. The first kappa shape index (κ1) is 25.4. The highest BCUT2D eigenvalue weighted by atomic mass is 15.0. The summed E-state index contributed by atoms with van der Waals surface area (Å²) in [5, 5.41) is 4.52. The summed E-state index contributed by atoms with van der Waals surface area (Å²) in [4.78, 5) is 15.2. The van der Waals surface area contributed by atoms with Gasteiger partial charge in [0.25, 0.3) is 0 Å². The molecule has 0 saturated heterocycles. The maximum Gasteiger partial charge on any atom is 0.137 e. The molecule has 0 radical (unpaired) electrons. The van der Waals surface area contributed by atoms with E-state index >= 15 is 0 Å². The Morgan fingerprint density at radius 3 is 1.84 bits per heavy atom. The first-order valence-corrected chi connectivity index (χ1v) is 15.1. The lowest BCUT2D eigenvalue weighted by atomic mass is 9.94. The van der Waals surface area contributed by atoms with Gasteiger partial charge in [-0.15, -0.1) is 0 Å². The molecule has 4 heteroatoms. The van der Waals surface area contributed by atoms with Crippen molar-refractivity contribution in [2.24, 2.45) is 0 Å². The molecule has 0 fully saturated rings. The number of nitrogens with zero attached hydrogens (tertiary/aromatic N) is 4. The third kappa shape index (κ3) is 4.35. The lowest BCUT2D eigenvalue weighted by Crippen LogP contribution is -1.93. The van der Waals surface area contributed by atoms with Gasteiger partial charge in [-0.05, 0) is 59.0 Å². The van der Waals surface area contributed by atoms with Crippen LogP contribution >= 0.6 is 0 Å². The smallest absolute Gasteiger partial charge is 0.137 e. The third-order valence-corrected chi connectivity index (χ3v) is 8.62. The molecule has 4 heterocycles. The summed E-state index contributed by atoms with van der Waals surface area (Å²) in [6.07, 6.45) is 4.10. The molecule has 0 amide bonds. The number of rotatable bonds is 4. The van der Waals surface area contributed by atoms with Crippen LogP contribution in [-0.4, -0.2) is 19.4 Å². The van der Waals surface area contributed by atoms with E-state index in [9.17, 15) is 0 Å². The number of hydrogen-bond donors (Lipinski definition) is 0. The van der Waals surface area contributed by atoms with Gasteiger partial charge in [-0.2, -0.15) is 0 Å². The first-order valence-electron chi connectivity index (χ1n) is 15.1. The van der Waals surface area contributed by atoms with E-state index in [0.29, 0.717) is 0 Å². The van der Waals surface area contributed by atoms with E-state index in [-0.39, 0.29) is 0 Å². The molecule has 210 valence electrons. The lowest BCUT2D eigenvalue weighted by Gasteiger charge is -2.14. The fourth-order valence-corrected chi connectivity index (χ4v) is 6.37. The number of hydrogen-bond acceptors (Lipinski definition) is 3. The minimum absolute atomic E-state index is 0.944. The van der Waals surface area contributed by atoms with Gasteiger partial charge in [0.05, 0.1) is 28.1 Å². The van der Waals surface area contributed by atoms with E-state index in [4.69, 9.17) is 15.0 Å². The van der Waals surface area contributed by atoms with E-state index in [1.54, 1.807) is 0 Å². The summed E-state index contributed by atoms with van der Waals surface area (Å²) in [5.41, 5.74) is 11.4. The maximum atomic E-state index is 5.28. The highest BCUT2D eigenvalue weighted by molar-refractivity contribution is 6.21. The molecule has 0 aliphatic carbocycles. The molecule has 5 aromatic carbocycles. The summed E-state index contributed by atoms with van der Waals surface area (Å²) >= 11 is 0. The van der Waals surface area contributed by atoms with Crippen LogP contribution in [-0.2, 0) is 0 Å². The Balaban J connectivity index is 1.21. The second kappa shape index (κ2) is 10.2. The van der Waals surface area contributed by atoms with Gasteiger partial charge in [0.1, 0.15) is 5.65 Å². The molecule has 4 nitrogen and oxygen atoms in total. The summed E-state index contributed by atoms with van der Waals surface area (Å²) in [5.74, 6) is 0. The van der Waals surface area contributed by atoms with E-state index < -0.39 is 0 Å². The largest absolute Gasteiger partial charge is 0.306 e. The van der Waals surface area contributed by atoms with Crippen molar-refractivity contribution < 1.29 is 0 Å². The minimum atomic E-state index is 0.944. The van der Waals surface area contributed by atoms with Crippen molar-refractivity contribution in [1.29, 1.82) is 0 Å². The SMILES string of the molecule is c1ccc(-c2ccc3c(ccc4c5cc(-c6ccc(-c7cn8ccccc8n7)cc6)ccc5nc(-c5ccccc5)c34)n2)cc1. The van der Waals surface area contributed by atoms with Crippen molar-refractivity contribution in [3.8, 4) is 44.9 Å². The number of aromatic nitrogens is 4. The van der Waals surface area contributed by atoms with Gasteiger partial charge in [0.2, 0.25) is 0 Å². The quantitative estimate of drug-likeness (QED) is 0.196. The van der Waals surface area contributed by atoms with Crippen LogP contribution in [0.4, 0.5) is 0 Å². The molecular formula is C41H26N4. The second-order valence-electron chi connectivity index (χ2n) is 11.3. The zero-order valence-corrected chi connectivity index (χ0v) is 24.3. The lowest BCUT2D eigenvalue weighted by molar-refractivity contribution is 1.19. The van der Waals surface area contributed by atoms with Gasteiger partial charge in [0, 0.05) is 45.2 Å². The molecule has 0 N–H and O–H groups in total. The molecule has 0 spiro atoms. The maximum absolute atomic E-state index is 5.28. The average Bonchev–Trinajstić information content (AvgIpc) is 3.56. The van der Waals surface area contributed by atoms with Crippen LogP contribution in [0.3, 0.4) is 0 Å². The molecule has 0 unspecified atom stereocenters. The fourth-order valence-electron chi connectivity index (χ4n) is 6.37. The molecule has 0 atom stereocenters. The summed E-state index contributed by atoms with van der Waals surface area (Å²) in [6.45, 7) is 0. The van der Waals surface area contributed by atoms with Crippen LogP contribution < -0.4 is 0 Å². The van der Waals surface area contributed by atoms with Crippen LogP contribution in [0.15, 0.2) is 158 Å². The summed E-state index contributed by atoms with van der Waals surface area (Å²) in [6, 6.07) is 50.8. The van der Waals surface area contributed by atoms with Crippen LogP contribution in [0.2, 0.25) is 0 Å². The van der Waals surface area contributed by atoms with Crippen LogP contribution in [0.5, 0.6) is 0 Å². The normalized spacial score (nSPS) is 11.6. The second-order valence-corrected chi connectivity index (χ2v) is 11.3. The minimum Gasteiger partial charge on any atom is -0.306 e. The molecule has 45 heavy (non-hydrogen) atoms. The average molecular weight is 575 g/mol. The topological polar surface area (TPSA) is 43.1 Å². The van der Waals surface area contributed by atoms with Gasteiger partial charge in [0.15, 0.2) is 0 Å². The summed E-state index contributed by atoms with van der Waals surface area (Å²) in [7, 11) is 0.